The van der Waals surface area contributed by atoms with Crippen LogP contribution in [-0.4, -0.2) is 121 Å². The number of alkyl halides is 1. The summed E-state index contributed by atoms with van der Waals surface area (Å²) in [6, 6.07) is 22.3. The van der Waals surface area contributed by atoms with Crippen LogP contribution >= 0.6 is 57.2 Å². The highest BCUT2D eigenvalue weighted by molar-refractivity contribution is 7.93. The number of rotatable bonds is 32. The highest BCUT2D eigenvalue weighted by Crippen LogP contribution is 2.45. The number of halogens is 2. The molecule has 2 aromatic carbocycles. The van der Waals surface area contributed by atoms with Gasteiger partial charge in [0.15, 0.2) is 0 Å². The Morgan fingerprint density at radius 1 is 0.813 bits per heavy atom. The smallest absolute Gasteiger partial charge is 0.345 e. The van der Waals surface area contributed by atoms with E-state index in [-0.39, 0.29) is 77.2 Å². The molecule has 1 saturated heterocycles. The maximum atomic E-state index is 13.0. The first-order valence-corrected chi connectivity index (χ1v) is 36.9. The van der Waals surface area contributed by atoms with Crippen molar-refractivity contribution in [3.63, 3.8) is 0 Å². The predicted octanol–water partition coefficient (Wildman–Crippen LogP) is 14.4. The van der Waals surface area contributed by atoms with Crippen LogP contribution < -0.4 is 4.31 Å². The van der Waals surface area contributed by atoms with Crippen molar-refractivity contribution in [2.45, 2.75) is 205 Å². The predicted molar refractivity (Wildman–Crippen MR) is 368 cm³/mol. The van der Waals surface area contributed by atoms with Crippen LogP contribution in [0.1, 0.15) is 171 Å². The molecule has 2 aliphatic carbocycles. The molecule has 21 heteroatoms. The lowest BCUT2D eigenvalue weighted by Gasteiger charge is -2.25. The molecule has 0 bridgehead atoms. The number of aliphatic hydroxyl groups is 6. The van der Waals surface area contributed by atoms with Gasteiger partial charge in [0, 0.05) is 59.1 Å². The fourth-order valence-corrected chi connectivity index (χ4v) is 17.7. The van der Waals surface area contributed by atoms with Crippen LogP contribution in [0.15, 0.2) is 109 Å². The monoisotopic (exact) mass is 1370 g/mol. The van der Waals surface area contributed by atoms with Gasteiger partial charge in [-0.1, -0.05) is 118 Å². The number of carboxylic acids is 2. The zero-order chi connectivity index (χ0) is 66.4. The summed E-state index contributed by atoms with van der Waals surface area (Å²) in [5.41, 5.74) is 0.503. The molecule has 12 atom stereocenters. The number of nitrogens with zero attached hydrogens (tertiary/aromatic N) is 1. The number of ether oxygens (including phenoxy) is 1. The van der Waals surface area contributed by atoms with Gasteiger partial charge in [-0.05, 0) is 158 Å². The summed E-state index contributed by atoms with van der Waals surface area (Å²) in [7, 11) is -3.43. The van der Waals surface area contributed by atoms with Crippen LogP contribution in [0.25, 0.3) is 10.1 Å². The quantitative estimate of drug-likeness (QED) is 0.0113. The molecule has 1 unspecified atom stereocenters. The van der Waals surface area contributed by atoms with Crippen LogP contribution in [0, 0.1) is 36.0 Å². The van der Waals surface area contributed by atoms with Crippen LogP contribution in [0.4, 0.5) is 5.69 Å². The number of aliphatic carboxylic acids is 1. The van der Waals surface area contributed by atoms with Gasteiger partial charge in [-0.2, -0.15) is 0 Å². The fourth-order valence-electron chi connectivity index (χ4n) is 12.1. The number of Topliss-reactive ketones (excluding diaryl/α,β-unsaturated/α-hetero) is 1. The maximum absolute atomic E-state index is 13.0. The van der Waals surface area contributed by atoms with E-state index in [1.807, 2.05) is 53.8 Å². The number of allylic oxidation sites excluding steroid dienone is 2. The highest BCUT2D eigenvalue weighted by Gasteiger charge is 2.53. The van der Waals surface area contributed by atoms with Gasteiger partial charge in [0.2, 0.25) is 10.0 Å². The lowest BCUT2D eigenvalue weighted by molar-refractivity contribution is -0.137. The van der Waals surface area contributed by atoms with E-state index < -0.39 is 57.9 Å². The van der Waals surface area contributed by atoms with Crippen molar-refractivity contribution >= 4 is 101 Å². The van der Waals surface area contributed by atoms with Crippen molar-refractivity contribution in [3.8, 4) is 0 Å². The highest BCUT2D eigenvalue weighted by atomic mass is 35.5. The van der Waals surface area contributed by atoms with E-state index in [4.69, 9.17) is 38.2 Å². The molecule has 15 nitrogen and oxygen atoms in total. The maximum Gasteiger partial charge on any atom is 0.345 e. The summed E-state index contributed by atoms with van der Waals surface area (Å²) in [5, 5.41) is 81.0. The molecule has 1 aliphatic heterocycles. The van der Waals surface area contributed by atoms with E-state index in [1.165, 1.54) is 20.1 Å². The van der Waals surface area contributed by atoms with Crippen LogP contribution in [-0.2, 0) is 43.8 Å². The van der Waals surface area contributed by atoms with E-state index >= 15 is 0 Å². The first-order chi connectivity index (χ1) is 43.3. The van der Waals surface area contributed by atoms with Crippen LogP contribution in [0.5, 0.6) is 0 Å². The van der Waals surface area contributed by atoms with E-state index in [2.05, 4.69) is 26.0 Å². The molecule has 8 rings (SSSR count). The molecule has 3 aromatic heterocycles. The molecule has 3 fully saturated rings. The first kappa shape index (κ1) is 75.7. The van der Waals surface area contributed by atoms with Gasteiger partial charge in [-0.15, -0.1) is 45.6 Å². The second-order valence-electron chi connectivity index (χ2n) is 25.0. The number of carboxylic acid groups (broad SMARTS) is 2. The number of ketones is 1. The summed E-state index contributed by atoms with van der Waals surface area (Å²) in [5.74, 6) is -2.19. The summed E-state index contributed by atoms with van der Waals surface area (Å²) in [6.45, 7) is 10.00. The number of sulfonamides is 1. The zero-order valence-electron chi connectivity index (χ0n) is 53.0. The third-order valence-corrected chi connectivity index (χ3v) is 23.6. The topological polar surface area (TPSA) is 260 Å². The number of carbonyl (C=O) groups excluding carboxylic acids is 1. The number of aromatic carboxylic acids is 1. The van der Waals surface area contributed by atoms with Gasteiger partial charge in [0.25, 0.3) is 0 Å². The number of carbonyl (C=O) groups is 3. The second-order valence-corrected chi connectivity index (χ2v) is 31.6. The molecule has 3 aliphatic rings. The molecular formula is C70H95Cl2NO14S4. The average Bonchev–Trinajstić information content (AvgIpc) is 1.68. The Bertz CT molecular complexity index is 3260. The molecule has 2 saturated carbocycles. The molecule has 0 amide bonds. The van der Waals surface area contributed by atoms with Crippen LogP contribution in [0.2, 0.25) is 5.02 Å². The van der Waals surface area contributed by atoms with Crippen LogP contribution in [0.3, 0.4) is 0 Å². The van der Waals surface area contributed by atoms with Gasteiger partial charge in [0.05, 0.1) is 77.8 Å². The Labute approximate surface area is 560 Å². The average molecular weight is 1370 g/mol. The number of anilines is 1. The zero-order valence-corrected chi connectivity index (χ0v) is 57.8. The minimum atomic E-state index is -3.43. The number of benzene rings is 2. The van der Waals surface area contributed by atoms with Gasteiger partial charge in [0.1, 0.15) is 10.7 Å². The Balaban J connectivity index is 0.000000219. The van der Waals surface area contributed by atoms with Crippen molar-refractivity contribution in [2.75, 3.05) is 16.7 Å². The van der Waals surface area contributed by atoms with E-state index in [0.29, 0.717) is 69.9 Å². The molecule has 0 spiro atoms. The Kier molecular flexibility index (Phi) is 30.9. The third kappa shape index (κ3) is 23.0. The SMILES string of the molecule is CC1(C)C(=O)[C@H](C/C=C\CCCC(=O)O)[C@@H](/C=C/[C@H](O)CCc2sc3ccccc3c2Cl)[C@@H]1O.CCCCCC(O)c1ccc(N2[C@@H](COCc3ccc(C(=O)O)s3)CCS2(=O)=O)cc1.Cc1ccc(CCC[C@@H]2[C@@H](/C=C/[C@@H](O)CCC[C@@H](C)O)[C@H](O)C[C@H]2Cl)s1. The normalized spacial score (nSPS) is 23.4. The lowest BCUT2D eigenvalue weighted by atomic mass is 9.86. The summed E-state index contributed by atoms with van der Waals surface area (Å²) < 4.78 is 33.5. The molecule has 8 N–H and O–H groups in total. The van der Waals surface area contributed by atoms with Crippen molar-refractivity contribution < 1.29 is 68.4 Å². The number of aryl methyl sites for hydroxylation is 3. The Hall–Kier alpha value is -4.32. The molecular weight excluding hydrogens is 1280 g/mol. The van der Waals surface area contributed by atoms with Gasteiger partial charge in [-0.25, -0.2) is 13.2 Å². The number of hydrogen-bond acceptors (Lipinski definition) is 15. The fraction of sp³-hybridized carbons (Fsp3) is 0.557. The largest absolute Gasteiger partial charge is 0.481 e. The summed E-state index contributed by atoms with van der Waals surface area (Å²) in [4.78, 5) is 39.4. The molecule has 4 heterocycles. The second kappa shape index (κ2) is 37.1. The van der Waals surface area contributed by atoms with Crippen molar-refractivity contribution in [3.05, 3.63) is 144 Å². The third-order valence-electron chi connectivity index (χ3n) is 17.4. The molecule has 5 aromatic rings. The van der Waals surface area contributed by atoms with Crippen molar-refractivity contribution in [2.24, 2.45) is 29.1 Å². The number of thiophene rings is 3. The van der Waals surface area contributed by atoms with E-state index in [1.54, 1.807) is 80.7 Å². The number of unbranched alkanes of at least 4 members (excludes halogenated alkanes) is 3. The summed E-state index contributed by atoms with van der Waals surface area (Å²) >= 11 is 17.6. The van der Waals surface area contributed by atoms with Gasteiger partial charge < -0.3 is 45.6 Å². The van der Waals surface area contributed by atoms with E-state index in [9.17, 15) is 53.4 Å². The summed E-state index contributed by atoms with van der Waals surface area (Å²) in [6.07, 6.45) is 20.8. The van der Waals surface area contributed by atoms with E-state index in [0.717, 1.165) is 86.7 Å². The minimum absolute atomic E-state index is 0.00268. The number of hydrogen-bond donors (Lipinski definition) is 8. The lowest BCUT2D eigenvalue weighted by Crippen LogP contribution is -2.36. The molecule has 91 heavy (non-hydrogen) atoms. The molecule has 502 valence electrons. The molecule has 0 radical (unpaired) electrons. The first-order valence-electron chi connectivity index (χ1n) is 32.0. The number of aliphatic hydroxyl groups excluding tert-OH is 6. The van der Waals surface area contributed by atoms with Gasteiger partial charge in [-0.3, -0.25) is 13.9 Å². The van der Waals surface area contributed by atoms with Crippen molar-refractivity contribution in [1.82, 2.24) is 0 Å². The standard InChI is InChI=1S/C27H33ClO5S.C22H29NO6S2.C21H33ClO3S/c1-27(2)25(32)18(9-5-3-4-6-12-23(30)31)19(26(27)33)15-13-17(29)14-16-22-24(28)20-10-7-8-11-21(20)34-22;1-2-3-4-5-20(24)16-6-8-17(9-7-16)23-18(12-13-31(23,27)28)14-29-15-19-10-11-21(30-19)22(25)26;1-14(23)5-3-6-16(24)10-12-19-18(20(22)13-21(19)25)8-4-7-17-11-9-15(2)26-17/h3,5,7-8,10-11,13,15,17-19,26,29,33H,4,6,9,12,14,16H2,1-2H3,(H,30,31);6-11,18,20,24H,2-5,12-15H2,1H3,(H,25,26);9-12,14,16,18-21,23-25H,3-8,13H2,1-2H3/b5-3-,15-13+;;12-10+/t17-,18+,19+,26-;18-,20?;14-,16+,18-,19-,20-,21-/m011/s1. The van der Waals surface area contributed by atoms with Crippen molar-refractivity contribution in [1.29, 1.82) is 0 Å². The minimum Gasteiger partial charge on any atom is -0.481 e. The number of fused-ring (bicyclic) bond motifs is 1. The Morgan fingerprint density at radius 3 is 2.18 bits per heavy atom. The van der Waals surface area contributed by atoms with Gasteiger partial charge >= 0.3 is 11.9 Å². The Morgan fingerprint density at radius 2 is 1.52 bits per heavy atom.